The van der Waals surface area contributed by atoms with E-state index in [9.17, 15) is 0 Å². The van der Waals surface area contributed by atoms with Crippen LogP contribution in [0, 0.1) is 3.95 Å². The van der Waals surface area contributed by atoms with Gasteiger partial charge in [-0.25, -0.2) is 0 Å². The maximum Gasteiger partial charge on any atom is 0.176 e. The van der Waals surface area contributed by atoms with Crippen LogP contribution >= 0.6 is 23.6 Å². The smallest absolute Gasteiger partial charge is 0.176 e. The molecule has 68 valence electrons. The van der Waals surface area contributed by atoms with Crippen molar-refractivity contribution in [1.82, 2.24) is 10.2 Å². The second kappa shape index (κ2) is 3.85. The van der Waals surface area contributed by atoms with Crippen LogP contribution in [0.1, 0.15) is 10.8 Å². The number of aromatic amines is 1. The number of nitrogens with zero attached hydrogens (tertiary/aromatic N) is 1. The van der Waals surface area contributed by atoms with E-state index in [4.69, 9.17) is 16.6 Å². The van der Waals surface area contributed by atoms with E-state index in [1.165, 1.54) is 11.3 Å². The third-order valence-electron chi connectivity index (χ3n) is 1.65. The van der Waals surface area contributed by atoms with Crippen LogP contribution in [0.3, 0.4) is 0 Å². The van der Waals surface area contributed by atoms with Gasteiger partial charge in [-0.2, -0.15) is 5.10 Å². The van der Waals surface area contributed by atoms with Crippen LogP contribution in [0.5, 0.6) is 0 Å². The SMILES string of the molecule is S=c1[nH]nc(CCc2ccco2)s1. The summed E-state index contributed by atoms with van der Waals surface area (Å²) in [5.41, 5.74) is 0. The van der Waals surface area contributed by atoms with Crippen molar-refractivity contribution in [3.05, 3.63) is 33.1 Å². The second-order valence-electron chi connectivity index (χ2n) is 2.59. The van der Waals surface area contributed by atoms with Crippen LogP contribution < -0.4 is 0 Å². The Morgan fingerprint density at radius 1 is 1.54 bits per heavy atom. The standard InChI is InChI=1S/C8H8N2OS2/c12-8-10-9-7(13-8)4-3-6-2-1-5-11-6/h1-2,5H,3-4H2,(H,10,12). The number of nitrogens with one attached hydrogen (secondary N) is 1. The minimum atomic E-state index is 0.731. The molecule has 0 bridgehead atoms. The molecule has 2 aromatic heterocycles. The number of furan rings is 1. The average Bonchev–Trinajstić information content (AvgIpc) is 2.71. The monoisotopic (exact) mass is 212 g/mol. The third-order valence-corrected chi connectivity index (χ3v) is 2.80. The summed E-state index contributed by atoms with van der Waals surface area (Å²) in [7, 11) is 0. The molecule has 0 atom stereocenters. The molecule has 0 amide bonds. The highest BCUT2D eigenvalue weighted by Crippen LogP contribution is 2.09. The molecule has 0 unspecified atom stereocenters. The van der Waals surface area contributed by atoms with Gasteiger partial charge in [0.15, 0.2) is 3.95 Å². The van der Waals surface area contributed by atoms with Gasteiger partial charge in [-0.05, 0) is 24.4 Å². The largest absolute Gasteiger partial charge is 0.469 e. The van der Waals surface area contributed by atoms with E-state index < -0.39 is 0 Å². The van der Waals surface area contributed by atoms with E-state index >= 15 is 0 Å². The minimum Gasteiger partial charge on any atom is -0.469 e. The van der Waals surface area contributed by atoms with Gasteiger partial charge in [0.2, 0.25) is 0 Å². The van der Waals surface area contributed by atoms with Crippen molar-refractivity contribution in [2.75, 3.05) is 0 Å². The molecule has 1 N–H and O–H groups in total. The van der Waals surface area contributed by atoms with Crippen LogP contribution in [-0.4, -0.2) is 10.2 Å². The van der Waals surface area contributed by atoms with Gasteiger partial charge in [0.25, 0.3) is 0 Å². The Balaban J connectivity index is 1.97. The Hall–Kier alpha value is -0.940. The fourth-order valence-electron chi connectivity index (χ4n) is 1.05. The van der Waals surface area contributed by atoms with Crippen LogP contribution in [0.2, 0.25) is 0 Å². The average molecular weight is 212 g/mol. The van der Waals surface area contributed by atoms with E-state index in [2.05, 4.69) is 10.2 Å². The first kappa shape index (κ1) is 8.65. The molecule has 0 aliphatic rings. The molecule has 0 saturated carbocycles. The van der Waals surface area contributed by atoms with E-state index in [-0.39, 0.29) is 0 Å². The summed E-state index contributed by atoms with van der Waals surface area (Å²) in [5, 5.41) is 7.84. The predicted molar refractivity (Wildman–Crippen MR) is 53.4 cm³/mol. The van der Waals surface area contributed by atoms with Gasteiger partial charge in [-0.15, -0.1) is 0 Å². The minimum absolute atomic E-state index is 0.731. The third kappa shape index (κ3) is 2.26. The summed E-state index contributed by atoms with van der Waals surface area (Å²) < 4.78 is 5.93. The lowest BCUT2D eigenvalue weighted by Crippen LogP contribution is -1.88. The second-order valence-corrected chi connectivity index (χ2v) is 4.34. The van der Waals surface area contributed by atoms with Gasteiger partial charge < -0.3 is 4.42 Å². The highest BCUT2D eigenvalue weighted by atomic mass is 32.1. The molecule has 0 aromatic carbocycles. The zero-order chi connectivity index (χ0) is 9.10. The van der Waals surface area contributed by atoms with Gasteiger partial charge in [0.1, 0.15) is 10.8 Å². The predicted octanol–water partition coefficient (Wildman–Crippen LogP) is 2.58. The summed E-state index contributed by atoms with van der Waals surface area (Å²) in [6.45, 7) is 0. The van der Waals surface area contributed by atoms with Crippen molar-refractivity contribution in [2.45, 2.75) is 12.8 Å². The Labute approximate surface area is 84.4 Å². The quantitative estimate of drug-likeness (QED) is 0.795. The zero-order valence-electron chi connectivity index (χ0n) is 6.82. The molecule has 2 heterocycles. The molecule has 2 rings (SSSR count). The fourth-order valence-corrected chi connectivity index (χ4v) is 1.99. The van der Waals surface area contributed by atoms with Crippen molar-refractivity contribution in [2.24, 2.45) is 0 Å². The maximum atomic E-state index is 5.20. The van der Waals surface area contributed by atoms with Crippen molar-refractivity contribution < 1.29 is 4.42 Å². The summed E-state index contributed by atoms with van der Waals surface area (Å²) in [4.78, 5) is 0. The van der Waals surface area contributed by atoms with Crippen molar-refractivity contribution in [1.29, 1.82) is 0 Å². The molecule has 0 spiro atoms. The number of aryl methyl sites for hydroxylation is 2. The van der Waals surface area contributed by atoms with Gasteiger partial charge in [-0.3, -0.25) is 5.10 Å². The Morgan fingerprint density at radius 3 is 3.08 bits per heavy atom. The normalized spacial score (nSPS) is 10.5. The first-order chi connectivity index (χ1) is 6.34. The molecule has 5 heteroatoms. The van der Waals surface area contributed by atoms with Crippen LogP contribution in [0.15, 0.2) is 22.8 Å². The highest BCUT2D eigenvalue weighted by Gasteiger charge is 2.00. The molecule has 0 saturated heterocycles. The fraction of sp³-hybridized carbons (Fsp3) is 0.250. The lowest BCUT2D eigenvalue weighted by molar-refractivity contribution is 0.508. The van der Waals surface area contributed by atoms with Gasteiger partial charge in [0, 0.05) is 12.8 Å². The van der Waals surface area contributed by atoms with Crippen LogP contribution in [0.4, 0.5) is 0 Å². The molecule has 0 fully saturated rings. The maximum absolute atomic E-state index is 5.20. The van der Waals surface area contributed by atoms with Crippen molar-refractivity contribution in [3.8, 4) is 0 Å². The Bertz CT molecular complexity index is 415. The zero-order valence-corrected chi connectivity index (χ0v) is 8.45. The number of hydrogen-bond donors (Lipinski definition) is 1. The molecule has 2 aromatic rings. The molecule has 0 aliphatic carbocycles. The molecular formula is C8H8N2OS2. The summed E-state index contributed by atoms with van der Waals surface area (Å²) >= 11 is 6.44. The van der Waals surface area contributed by atoms with Gasteiger partial charge in [-0.1, -0.05) is 11.3 Å². The number of H-pyrrole nitrogens is 1. The van der Waals surface area contributed by atoms with Crippen molar-refractivity contribution in [3.63, 3.8) is 0 Å². The summed E-state index contributed by atoms with van der Waals surface area (Å²) in [6, 6.07) is 3.85. The summed E-state index contributed by atoms with van der Waals surface area (Å²) in [5.74, 6) is 0.987. The molecule has 0 radical (unpaired) electrons. The topological polar surface area (TPSA) is 41.8 Å². The van der Waals surface area contributed by atoms with E-state index in [0.717, 1.165) is 27.6 Å². The molecule has 0 aliphatic heterocycles. The van der Waals surface area contributed by atoms with Gasteiger partial charge >= 0.3 is 0 Å². The number of rotatable bonds is 3. The van der Waals surface area contributed by atoms with Gasteiger partial charge in [0.05, 0.1) is 6.26 Å². The highest BCUT2D eigenvalue weighted by molar-refractivity contribution is 7.73. The van der Waals surface area contributed by atoms with E-state index in [1.54, 1.807) is 6.26 Å². The van der Waals surface area contributed by atoms with Crippen molar-refractivity contribution >= 4 is 23.6 Å². The summed E-state index contributed by atoms with van der Waals surface area (Å²) in [6.07, 6.45) is 3.44. The van der Waals surface area contributed by atoms with Crippen LogP contribution in [0.25, 0.3) is 0 Å². The number of hydrogen-bond acceptors (Lipinski definition) is 4. The Morgan fingerprint density at radius 2 is 2.46 bits per heavy atom. The van der Waals surface area contributed by atoms with Crippen LogP contribution in [-0.2, 0) is 12.8 Å². The Kier molecular flexibility index (Phi) is 2.56. The van der Waals surface area contributed by atoms with E-state index in [1.807, 2.05) is 12.1 Å². The lowest BCUT2D eigenvalue weighted by Gasteiger charge is -1.91. The first-order valence-corrected chi connectivity index (χ1v) is 5.14. The molecule has 3 nitrogen and oxygen atoms in total. The molecular weight excluding hydrogens is 204 g/mol. The lowest BCUT2D eigenvalue weighted by atomic mass is 10.2. The first-order valence-electron chi connectivity index (χ1n) is 3.91. The molecule has 13 heavy (non-hydrogen) atoms. The van der Waals surface area contributed by atoms with E-state index in [0.29, 0.717) is 0 Å². The number of aromatic nitrogens is 2.